The molecule has 1 rings (SSSR count). The van der Waals surface area contributed by atoms with E-state index in [2.05, 4.69) is 4.98 Å². The van der Waals surface area contributed by atoms with Gasteiger partial charge in [0.15, 0.2) is 5.82 Å². The van der Waals surface area contributed by atoms with Crippen LogP contribution < -0.4 is 0 Å². The molecule has 0 aliphatic heterocycles. The molecule has 0 saturated carbocycles. The molecule has 0 amide bonds. The van der Waals surface area contributed by atoms with Crippen LogP contribution in [-0.4, -0.2) is 9.55 Å². The van der Waals surface area contributed by atoms with Crippen LogP contribution in [0.15, 0.2) is 12.4 Å². The summed E-state index contributed by atoms with van der Waals surface area (Å²) in [5.74, 6) is 0.258. The Kier molecular flexibility index (Phi) is 2.84. The summed E-state index contributed by atoms with van der Waals surface area (Å²) in [7, 11) is 0. The van der Waals surface area contributed by atoms with Crippen molar-refractivity contribution in [3.63, 3.8) is 0 Å². The summed E-state index contributed by atoms with van der Waals surface area (Å²) in [6, 6.07) is 1.93. The van der Waals surface area contributed by atoms with Crippen LogP contribution in [0.5, 0.6) is 0 Å². The number of rotatable bonds is 1. The topological polar surface area (TPSA) is 41.6 Å². The second kappa shape index (κ2) is 3.53. The number of aromatic nitrogens is 2. The maximum Gasteiger partial charge on any atom is 0.248 e. The Morgan fingerprint density at radius 3 is 2.75 bits per heavy atom. The van der Waals surface area contributed by atoms with Gasteiger partial charge in [-0.05, 0) is 0 Å². The molecule has 0 radical (unpaired) electrons. The first-order valence-electron chi connectivity index (χ1n) is 3.01. The molecule has 6 heteroatoms. The van der Waals surface area contributed by atoms with Crippen LogP contribution in [0.3, 0.4) is 0 Å². The van der Waals surface area contributed by atoms with E-state index in [1.54, 1.807) is 6.20 Å². The summed E-state index contributed by atoms with van der Waals surface area (Å²) in [6.07, 6.45) is 3.06. The highest BCUT2D eigenvalue weighted by Crippen LogP contribution is 2.36. The van der Waals surface area contributed by atoms with E-state index in [0.29, 0.717) is 0 Å². The standard InChI is InChI=1S/C6H4Cl3N3/c7-6(8,9)5-11-2-4-12(5)3-1-10/h2,4H,3H2. The van der Waals surface area contributed by atoms with Gasteiger partial charge in [-0.2, -0.15) is 5.26 Å². The molecule has 0 atom stereocenters. The van der Waals surface area contributed by atoms with E-state index in [1.807, 2.05) is 6.07 Å². The van der Waals surface area contributed by atoms with Crippen LogP contribution in [-0.2, 0) is 10.3 Å². The molecule has 0 spiro atoms. The predicted octanol–water partition coefficient (Wildman–Crippen LogP) is 2.23. The van der Waals surface area contributed by atoms with Crippen molar-refractivity contribution in [2.75, 3.05) is 0 Å². The van der Waals surface area contributed by atoms with Gasteiger partial charge in [0, 0.05) is 12.4 Å². The second-order valence-electron chi connectivity index (χ2n) is 2.03. The van der Waals surface area contributed by atoms with Crippen molar-refractivity contribution in [3.05, 3.63) is 18.2 Å². The summed E-state index contributed by atoms with van der Waals surface area (Å²) < 4.78 is -0.0899. The summed E-state index contributed by atoms with van der Waals surface area (Å²) >= 11 is 16.7. The average molecular weight is 224 g/mol. The SMILES string of the molecule is N#CCn1ccnc1C(Cl)(Cl)Cl. The molecule has 0 fully saturated rings. The zero-order valence-electron chi connectivity index (χ0n) is 5.84. The molecule has 12 heavy (non-hydrogen) atoms. The van der Waals surface area contributed by atoms with E-state index in [-0.39, 0.29) is 12.4 Å². The quantitative estimate of drug-likeness (QED) is 0.687. The minimum Gasteiger partial charge on any atom is -0.318 e. The van der Waals surface area contributed by atoms with Gasteiger partial charge in [0.25, 0.3) is 0 Å². The number of hydrogen-bond donors (Lipinski definition) is 0. The van der Waals surface area contributed by atoms with Crippen molar-refractivity contribution in [2.45, 2.75) is 10.3 Å². The Bertz CT molecular complexity index is 307. The highest BCUT2D eigenvalue weighted by atomic mass is 35.6. The van der Waals surface area contributed by atoms with E-state index >= 15 is 0 Å². The number of alkyl halides is 3. The van der Waals surface area contributed by atoms with Gasteiger partial charge in [-0.1, -0.05) is 34.8 Å². The molecule has 1 aromatic heterocycles. The minimum atomic E-state index is -1.57. The first-order valence-corrected chi connectivity index (χ1v) is 4.14. The first kappa shape index (κ1) is 9.66. The molecule has 0 aliphatic carbocycles. The monoisotopic (exact) mass is 223 g/mol. The van der Waals surface area contributed by atoms with E-state index < -0.39 is 3.79 Å². The lowest BCUT2D eigenvalue weighted by Crippen LogP contribution is -2.10. The van der Waals surface area contributed by atoms with Crippen LogP contribution in [0.2, 0.25) is 0 Å². The van der Waals surface area contributed by atoms with Crippen molar-refractivity contribution < 1.29 is 0 Å². The maximum atomic E-state index is 8.40. The van der Waals surface area contributed by atoms with Gasteiger partial charge in [0.2, 0.25) is 3.79 Å². The Balaban J connectivity index is 3.01. The Labute approximate surface area is 84.5 Å². The summed E-state index contributed by atoms with van der Waals surface area (Å²) in [5, 5.41) is 8.40. The summed E-state index contributed by atoms with van der Waals surface area (Å²) in [6.45, 7) is 0.128. The molecular formula is C6H4Cl3N3. The van der Waals surface area contributed by atoms with Crippen molar-refractivity contribution in [1.29, 1.82) is 5.26 Å². The van der Waals surface area contributed by atoms with Crippen LogP contribution in [0.4, 0.5) is 0 Å². The molecule has 0 unspecified atom stereocenters. The minimum absolute atomic E-state index is 0.128. The highest BCUT2D eigenvalue weighted by Gasteiger charge is 2.28. The Hall–Kier alpha value is -0.430. The first-order chi connectivity index (χ1) is 5.55. The van der Waals surface area contributed by atoms with Crippen LogP contribution in [0.1, 0.15) is 5.82 Å². The highest BCUT2D eigenvalue weighted by molar-refractivity contribution is 6.66. The fourth-order valence-corrected chi connectivity index (χ4v) is 1.24. The lowest BCUT2D eigenvalue weighted by molar-refractivity contribution is 0.761. The lowest BCUT2D eigenvalue weighted by Gasteiger charge is -2.10. The third-order valence-corrected chi connectivity index (χ3v) is 1.72. The third-order valence-electron chi connectivity index (χ3n) is 1.21. The van der Waals surface area contributed by atoms with Crippen molar-refractivity contribution in [2.24, 2.45) is 0 Å². The molecule has 0 aliphatic rings. The number of halogens is 3. The molecule has 0 saturated heterocycles. The zero-order chi connectivity index (χ0) is 9.19. The molecule has 1 aromatic rings. The number of imidazole rings is 1. The maximum absolute atomic E-state index is 8.40. The second-order valence-corrected chi connectivity index (χ2v) is 4.32. The Morgan fingerprint density at radius 1 is 1.58 bits per heavy atom. The molecule has 1 heterocycles. The summed E-state index contributed by atoms with van der Waals surface area (Å²) in [5.41, 5.74) is 0. The molecule has 0 N–H and O–H groups in total. The van der Waals surface area contributed by atoms with Crippen LogP contribution >= 0.6 is 34.8 Å². The molecule has 0 aromatic carbocycles. The summed E-state index contributed by atoms with van der Waals surface area (Å²) in [4.78, 5) is 3.82. The molecule has 64 valence electrons. The zero-order valence-corrected chi connectivity index (χ0v) is 8.11. The van der Waals surface area contributed by atoms with Gasteiger partial charge in [-0.25, -0.2) is 4.98 Å². The van der Waals surface area contributed by atoms with E-state index in [4.69, 9.17) is 40.1 Å². The fourth-order valence-electron chi connectivity index (χ4n) is 0.769. The smallest absolute Gasteiger partial charge is 0.248 e. The van der Waals surface area contributed by atoms with Gasteiger partial charge >= 0.3 is 0 Å². The molecule has 3 nitrogen and oxygen atoms in total. The van der Waals surface area contributed by atoms with Crippen LogP contribution in [0, 0.1) is 11.3 Å². The van der Waals surface area contributed by atoms with Crippen molar-refractivity contribution in [3.8, 4) is 6.07 Å². The van der Waals surface area contributed by atoms with Gasteiger partial charge in [-0.15, -0.1) is 0 Å². The van der Waals surface area contributed by atoms with E-state index in [9.17, 15) is 0 Å². The van der Waals surface area contributed by atoms with Gasteiger partial charge in [-0.3, -0.25) is 0 Å². The molecule has 0 bridgehead atoms. The van der Waals surface area contributed by atoms with Crippen LogP contribution in [0.25, 0.3) is 0 Å². The number of nitriles is 1. The number of hydrogen-bond acceptors (Lipinski definition) is 2. The van der Waals surface area contributed by atoms with Gasteiger partial charge in [0.05, 0.1) is 6.07 Å². The predicted molar refractivity (Wildman–Crippen MR) is 47.1 cm³/mol. The largest absolute Gasteiger partial charge is 0.318 e. The lowest BCUT2D eigenvalue weighted by atomic mass is 10.6. The van der Waals surface area contributed by atoms with E-state index in [1.165, 1.54) is 10.8 Å². The van der Waals surface area contributed by atoms with Crippen molar-refractivity contribution in [1.82, 2.24) is 9.55 Å². The molecular weight excluding hydrogens is 220 g/mol. The Morgan fingerprint density at radius 2 is 2.25 bits per heavy atom. The van der Waals surface area contributed by atoms with Gasteiger partial charge < -0.3 is 4.57 Å². The number of nitrogens with zero attached hydrogens (tertiary/aromatic N) is 3. The van der Waals surface area contributed by atoms with E-state index in [0.717, 1.165) is 0 Å². The average Bonchev–Trinajstić information content (AvgIpc) is 2.34. The third kappa shape index (κ3) is 2.04. The van der Waals surface area contributed by atoms with Gasteiger partial charge in [0.1, 0.15) is 6.54 Å². The fraction of sp³-hybridized carbons (Fsp3) is 0.333. The normalized spacial score (nSPS) is 11.2. The van der Waals surface area contributed by atoms with Crippen molar-refractivity contribution >= 4 is 34.8 Å².